The first-order valence-corrected chi connectivity index (χ1v) is 10.7. The molecule has 0 radical (unpaired) electrons. The Labute approximate surface area is 169 Å². The number of hydrogen-bond acceptors (Lipinski definition) is 5. The molecule has 0 N–H and O–H groups in total. The predicted octanol–water partition coefficient (Wildman–Crippen LogP) is 3.14. The molecule has 2 amide bonds. The molecule has 6 nitrogen and oxygen atoms in total. The zero-order chi connectivity index (χ0) is 19.7. The van der Waals surface area contributed by atoms with Gasteiger partial charge in [-0.15, -0.1) is 11.3 Å². The van der Waals surface area contributed by atoms with Gasteiger partial charge in [0.05, 0.1) is 17.7 Å². The summed E-state index contributed by atoms with van der Waals surface area (Å²) in [6.07, 6.45) is 6.17. The zero-order valence-electron chi connectivity index (χ0n) is 16.4. The van der Waals surface area contributed by atoms with E-state index in [4.69, 9.17) is 0 Å². The van der Waals surface area contributed by atoms with Crippen LogP contribution >= 0.6 is 11.3 Å². The van der Waals surface area contributed by atoms with E-state index in [2.05, 4.69) is 16.9 Å². The van der Waals surface area contributed by atoms with Gasteiger partial charge in [-0.1, -0.05) is 6.92 Å². The van der Waals surface area contributed by atoms with Crippen LogP contribution in [-0.4, -0.2) is 51.2 Å². The van der Waals surface area contributed by atoms with Crippen molar-refractivity contribution in [2.24, 2.45) is 11.3 Å². The molecule has 1 aliphatic heterocycles. The number of hydrogen-bond donors (Lipinski definition) is 0. The first-order chi connectivity index (χ1) is 13.5. The average Bonchev–Trinajstić information content (AvgIpc) is 3.10. The molecule has 1 saturated heterocycles. The lowest BCUT2D eigenvalue weighted by Gasteiger charge is -2.28. The fourth-order valence-corrected chi connectivity index (χ4v) is 4.60. The van der Waals surface area contributed by atoms with Crippen LogP contribution in [0.15, 0.2) is 30.0 Å². The minimum atomic E-state index is -0.191. The minimum absolute atomic E-state index is 0.0511. The Bertz CT molecular complexity index is 862. The third-order valence-electron chi connectivity index (χ3n) is 5.96. The summed E-state index contributed by atoms with van der Waals surface area (Å²) in [4.78, 5) is 39.2. The van der Waals surface area contributed by atoms with Gasteiger partial charge >= 0.3 is 0 Å². The summed E-state index contributed by atoms with van der Waals surface area (Å²) in [7, 11) is 0. The monoisotopic (exact) mass is 398 g/mol. The Kier molecular flexibility index (Phi) is 5.19. The Hall–Kier alpha value is -2.28. The van der Waals surface area contributed by atoms with Crippen molar-refractivity contribution in [1.82, 2.24) is 19.8 Å². The van der Waals surface area contributed by atoms with Crippen LogP contribution < -0.4 is 0 Å². The van der Waals surface area contributed by atoms with Crippen LogP contribution in [0.1, 0.15) is 47.1 Å². The summed E-state index contributed by atoms with van der Waals surface area (Å²) in [6.45, 7) is 6.83. The Morgan fingerprint density at radius 2 is 2.07 bits per heavy atom. The van der Waals surface area contributed by atoms with E-state index >= 15 is 0 Å². The molecule has 1 atom stereocenters. The number of carbonyl (C=O) groups excluding carboxylic acids is 2. The molecule has 0 bridgehead atoms. The second kappa shape index (κ2) is 7.62. The highest BCUT2D eigenvalue weighted by atomic mass is 32.1. The van der Waals surface area contributed by atoms with Crippen molar-refractivity contribution in [2.75, 3.05) is 19.6 Å². The van der Waals surface area contributed by atoms with E-state index in [1.165, 1.54) is 0 Å². The average molecular weight is 399 g/mol. The van der Waals surface area contributed by atoms with Gasteiger partial charge in [0.2, 0.25) is 5.91 Å². The minimum Gasteiger partial charge on any atom is -0.338 e. The van der Waals surface area contributed by atoms with Gasteiger partial charge in [0.15, 0.2) is 0 Å². The topological polar surface area (TPSA) is 66.4 Å². The normalized spacial score (nSPS) is 20.2. The van der Waals surface area contributed by atoms with Gasteiger partial charge < -0.3 is 9.80 Å². The molecule has 1 unspecified atom stereocenters. The Morgan fingerprint density at radius 3 is 2.71 bits per heavy atom. The van der Waals surface area contributed by atoms with Crippen molar-refractivity contribution in [1.29, 1.82) is 0 Å². The van der Waals surface area contributed by atoms with Crippen LogP contribution in [0.25, 0.3) is 0 Å². The lowest BCUT2D eigenvalue weighted by molar-refractivity contribution is -0.137. The van der Waals surface area contributed by atoms with Crippen LogP contribution in [0, 0.1) is 18.3 Å². The number of amides is 2. The van der Waals surface area contributed by atoms with E-state index in [1.807, 2.05) is 22.2 Å². The molecule has 1 saturated carbocycles. The fraction of sp³-hybridized carbons (Fsp3) is 0.524. The smallest absolute Gasteiger partial charge is 0.253 e. The van der Waals surface area contributed by atoms with Crippen LogP contribution in [0.2, 0.25) is 0 Å². The van der Waals surface area contributed by atoms with Gasteiger partial charge in [-0.2, -0.15) is 0 Å². The number of aromatic nitrogens is 2. The Balaban J connectivity index is 1.43. The lowest BCUT2D eigenvalue weighted by Crippen LogP contribution is -2.40. The molecule has 0 spiro atoms. The van der Waals surface area contributed by atoms with Crippen molar-refractivity contribution in [3.63, 3.8) is 0 Å². The molecular formula is C21H26N4O2S. The van der Waals surface area contributed by atoms with E-state index in [9.17, 15) is 9.59 Å². The van der Waals surface area contributed by atoms with Gasteiger partial charge in [-0.3, -0.25) is 14.6 Å². The zero-order valence-corrected chi connectivity index (χ0v) is 17.2. The third kappa shape index (κ3) is 3.94. The quantitative estimate of drug-likeness (QED) is 0.750. The van der Waals surface area contributed by atoms with Gasteiger partial charge in [0.1, 0.15) is 0 Å². The number of thiazole rings is 1. The lowest BCUT2D eigenvalue weighted by atomic mass is 10.0. The first-order valence-electron chi connectivity index (χ1n) is 9.84. The van der Waals surface area contributed by atoms with Crippen LogP contribution in [0.3, 0.4) is 0 Å². The molecule has 3 heterocycles. The molecule has 2 fully saturated rings. The Morgan fingerprint density at radius 1 is 1.32 bits per heavy atom. The maximum Gasteiger partial charge on any atom is 0.253 e. The van der Waals surface area contributed by atoms with Gasteiger partial charge in [0.25, 0.3) is 5.91 Å². The predicted molar refractivity (Wildman–Crippen MR) is 108 cm³/mol. The van der Waals surface area contributed by atoms with E-state index in [1.54, 1.807) is 35.9 Å². The fourth-order valence-electron chi connectivity index (χ4n) is 3.81. The number of pyridine rings is 1. The van der Waals surface area contributed by atoms with Crippen molar-refractivity contribution >= 4 is 23.2 Å². The second-order valence-corrected chi connectivity index (χ2v) is 9.19. The van der Waals surface area contributed by atoms with E-state index in [0.29, 0.717) is 31.1 Å². The van der Waals surface area contributed by atoms with Crippen LogP contribution in [0.5, 0.6) is 0 Å². The van der Waals surface area contributed by atoms with Crippen molar-refractivity contribution in [2.45, 2.75) is 39.7 Å². The maximum absolute atomic E-state index is 13.1. The van der Waals surface area contributed by atoms with Gasteiger partial charge in [-0.25, -0.2) is 4.98 Å². The highest BCUT2D eigenvalue weighted by Crippen LogP contribution is 2.47. The molecule has 1 aliphatic carbocycles. The summed E-state index contributed by atoms with van der Waals surface area (Å²) in [6, 6.07) is 3.51. The van der Waals surface area contributed by atoms with Crippen molar-refractivity contribution in [3.8, 4) is 0 Å². The molecule has 2 aliphatic rings. The molecule has 0 aromatic carbocycles. The summed E-state index contributed by atoms with van der Waals surface area (Å²) < 4.78 is 0. The molecule has 4 rings (SSSR count). The molecular weight excluding hydrogens is 372 g/mol. The number of aryl methyl sites for hydroxylation is 1. The number of rotatable bonds is 6. The standard InChI is InChI=1S/C21H26N4O2S/c1-15-18(28-14-23-15)13-25(20(27)21(2)6-7-21)12-16-5-10-24(11-16)19(26)17-3-8-22-9-4-17/h3-4,8-9,14,16H,5-7,10-13H2,1-2H3. The third-order valence-corrected chi connectivity index (χ3v) is 6.88. The first kappa shape index (κ1) is 19.1. The molecule has 2 aromatic heterocycles. The molecule has 7 heteroatoms. The largest absolute Gasteiger partial charge is 0.338 e. The SMILES string of the molecule is Cc1ncsc1CN(CC1CCN(C(=O)c2ccncc2)C1)C(=O)C1(C)CC1. The van der Waals surface area contributed by atoms with Gasteiger partial charge in [-0.05, 0) is 44.2 Å². The summed E-state index contributed by atoms with van der Waals surface area (Å²) >= 11 is 1.61. The van der Waals surface area contributed by atoms with Gasteiger partial charge in [0, 0.05) is 47.9 Å². The molecule has 2 aromatic rings. The van der Waals surface area contributed by atoms with E-state index < -0.39 is 0 Å². The molecule has 28 heavy (non-hydrogen) atoms. The number of likely N-dealkylation sites (tertiary alicyclic amines) is 1. The summed E-state index contributed by atoms with van der Waals surface area (Å²) in [5.41, 5.74) is 3.33. The number of carbonyl (C=O) groups is 2. The van der Waals surface area contributed by atoms with Crippen molar-refractivity contribution in [3.05, 3.63) is 46.2 Å². The van der Waals surface area contributed by atoms with E-state index in [-0.39, 0.29) is 17.2 Å². The summed E-state index contributed by atoms with van der Waals surface area (Å²) in [5.74, 6) is 0.611. The second-order valence-electron chi connectivity index (χ2n) is 8.25. The van der Waals surface area contributed by atoms with E-state index in [0.717, 1.165) is 36.4 Å². The van der Waals surface area contributed by atoms with Crippen LogP contribution in [-0.2, 0) is 11.3 Å². The highest BCUT2D eigenvalue weighted by Gasteiger charge is 2.47. The number of nitrogens with zero attached hydrogens (tertiary/aromatic N) is 4. The maximum atomic E-state index is 13.1. The van der Waals surface area contributed by atoms with Crippen molar-refractivity contribution < 1.29 is 9.59 Å². The summed E-state index contributed by atoms with van der Waals surface area (Å²) in [5, 5.41) is 0. The highest BCUT2D eigenvalue weighted by molar-refractivity contribution is 7.09. The van der Waals surface area contributed by atoms with Crippen LogP contribution in [0.4, 0.5) is 0 Å². The molecule has 148 valence electrons.